The highest BCUT2D eigenvalue weighted by atomic mass is 79.9. The van der Waals surface area contributed by atoms with Gasteiger partial charge in [0.05, 0.1) is 21.5 Å². The highest BCUT2D eigenvalue weighted by Gasteiger charge is 2.36. The number of hydrogen-bond acceptors (Lipinski definition) is 6. The largest absolute Gasteiger partial charge is 0.490 e. The minimum atomic E-state index is -4.58. The molecule has 0 unspecified atom stereocenters. The van der Waals surface area contributed by atoms with Crippen LogP contribution in [0.15, 0.2) is 74.5 Å². The minimum Gasteiger partial charge on any atom is -0.490 e. The van der Waals surface area contributed by atoms with Crippen molar-refractivity contribution in [2.75, 3.05) is 18.5 Å². The van der Waals surface area contributed by atoms with E-state index in [0.29, 0.717) is 39.9 Å². The van der Waals surface area contributed by atoms with Crippen LogP contribution in [0.3, 0.4) is 0 Å². The molecule has 1 fully saturated rings. The number of rotatable bonds is 9. The Morgan fingerprint density at radius 2 is 1.78 bits per heavy atom. The van der Waals surface area contributed by atoms with E-state index in [1.807, 2.05) is 31.2 Å². The molecule has 3 aromatic carbocycles. The third-order valence-corrected chi connectivity index (χ3v) is 7.60. The van der Waals surface area contributed by atoms with Crippen LogP contribution in [-0.4, -0.2) is 35.1 Å². The van der Waals surface area contributed by atoms with Crippen molar-refractivity contribution >= 4 is 72.4 Å². The van der Waals surface area contributed by atoms with Gasteiger partial charge < -0.3 is 14.8 Å². The molecule has 1 N–H and O–H groups in total. The standard InChI is InChI=1S/C28H21Br2F3N2O5S/c1-2-39-22-11-17(10-21(30)25(22)40-15-16-6-8-19(29)9-7-16)12-23-26(37)35(27(38)41-23)14-24(36)34-20-5-3-4-18(13-20)28(31,32)33/h3-13H,2,14-15H2,1H3,(H,34,36)/b23-12-. The first-order chi connectivity index (χ1) is 19.4. The Labute approximate surface area is 254 Å². The van der Waals surface area contributed by atoms with E-state index in [-0.39, 0.29) is 17.2 Å². The fourth-order valence-corrected chi connectivity index (χ4v) is 5.39. The Morgan fingerprint density at radius 3 is 2.46 bits per heavy atom. The fourth-order valence-electron chi connectivity index (χ4n) is 3.72. The lowest BCUT2D eigenvalue weighted by molar-refractivity contribution is -0.137. The zero-order chi connectivity index (χ0) is 29.7. The number of amides is 3. The molecule has 1 heterocycles. The number of ether oxygens (including phenoxy) is 2. The second kappa shape index (κ2) is 13.1. The first kappa shape index (κ1) is 30.7. The van der Waals surface area contributed by atoms with E-state index in [4.69, 9.17) is 9.47 Å². The van der Waals surface area contributed by atoms with E-state index >= 15 is 0 Å². The lowest BCUT2D eigenvalue weighted by atomic mass is 10.1. The van der Waals surface area contributed by atoms with Crippen LogP contribution < -0.4 is 14.8 Å². The minimum absolute atomic E-state index is 0.0692. The maximum absolute atomic E-state index is 13.0. The van der Waals surface area contributed by atoms with Crippen molar-refractivity contribution in [3.63, 3.8) is 0 Å². The molecule has 3 amide bonds. The Bertz CT molecular complexity index is 1510. The van der Waals surface area contributed by atoms with E-state index in [9.17, 15) is 27.6 Å². The second-order valence-electron chi connectivity index (χ2n) is 8.57. The summed E-state index contributed by atoms with van der Waals surface area (Å²) in [7, 11) is 0. The number of nitrogens with zero attached hydrogens (tertiary/aromatic N) is 1. The van der Waals surface area contributed by atoms with E-state index in [1.54, 1.807) is 12.1 Å². The van der Waals surface area contributed by atoms with E-state index in [1.165, 1.54) is 12.1 Å². The predicted octanol–water partition coefficient (Wildman–Crippen LogP) is 7.88. The molecule has 0 atom stereocenters. The van der Waals surface area contributed by atoms with Gasteiger partial charge in [-0.2, -0.15) is 13.2 Å². The van der Waals surface area contributed by atoms with Gasteiger partial charge in [0.2, 0.25) is 5.91 Å². The summed E-state index contributed by atoms with van der Waals surface area (Å²) < 4.78 is 52.1. The van der Waals surface area contributed by atoms with E-state index in [0.717, 1.165) is 33.1 Å². The van der Waals surface area contributed by atoms with Crippen LogP contribution in [0.1, 0.15) is 23.6 Å². The van der Waals surface area contributed by atoms with Crippen LogP contribution in [0, 0.1) is 0 Å². The number of carbonyl (C=O) groups excluding carboxylic acids is 3. The highest BCUT2D eigenvalue weighted by Crippen LogP contribution is 2.40. The Kier molecular flexibility index (Phi) is 9.82. The molecule has 1 aliphatic heterocycles. The number of thioether (sulfide) groups is 1. The highest BCUT2D eigenvalue weighted by molar-refractivity contribution is 9.10. The predicted molar refractivity (Wildman–Crippen MR) is 157 cm³/mol. The molecule has 0 saturated carbocycles. The average molecular weight is 714 g/mol. The van der Waals surface area contributed by atoms with Crippen molar-refractivity contribution in [1.82, 2.24) is 4.90 Å². The number of halogens is 5. The smallest absolute Gasteiger partial charge is 0.416 e. The lowest BCUT2D eigenvalue weighted by Gasteiger charge is -2.15. The molecular formula is C28H21Br2F3N2O5S. The van der Waals surface area contributed by atoms with Gasteiger partial charge in [-0.1, -0.05) is 34.1 Å². The molecule has 41 heavy (non-hydrogen) atoms. The van der Waals surface area contributed by atoms with Gasteiger partial charge in [0.25, 0.3) is 11.1 Å². The second-order valence-corrected chi connectivity index (χ2v) is 11.3. The van der Waals surface area contributed by atoms with Gasteiger partial charge in [0.15, 0.2) is 11.5 Å². The van der Waals surface area contributed by atoms with Gasteiger partial charge in [-0.3, -0.25) is 19.3 Å². The first-order valence-corrected chi connectivity index (χ1v) is 14.4. The van der Waals surface area contributed by atoms with Crippen molar-refractivity contribution in [1.29, 1.82) is 0 Å². The number of imide groups is 1. The molecule has 13 heteroatoms. The number of carbonyl (C=O) groups is 3. The third-order valence-electron chi connectivity index (χ3n) is 5.57. The zero-order valence-corrected chi connectivity index (χ0v) is 25.2. The summed E-state index contributed by atoms with van der Waals surface area (Å²) in [5.41, 5.74) is 0.433. The molecule has 0 aromatic heterocycles. The molecule has 214 valence electrons. The topological polar surface area (TPSA) is 84.9 Å². The van der Waals surface area contributed by atoms with Gasteiger partial charge in [-0.05, 0) is 94.3 Å². The molecule has 0 bridgehead atoms. The molecule has 1 saturated heterocycles. The molecule has 7 nitrogen and oxygen atoms in total. The van der Waals surface area contributed by atoms with Crippen molar-refractivity contribution in [3.8, 4) is 11.5 Å². The number of anilines is 1. The number of nitrogens with one attached hydrogen (secondary N) is 1. The number of hydrogen-bond donors (Lipinski definition) is 1. The van der Waals surface area contributed by atoms with Crippen LogP contribution >= 0.6 is 43.6 Å². The van der Waals surface area contributed by atoms with Crippen LogP contribution in [0.5, 0.6) is 11.5 Å². The molecule has 0 radical (unpaired) electrons. The average Bonchev–Trinajstić information content (AvgIpc) is 3.16. The summed E-state index contributed by atoms with van der Waals surface area (Å²) >= 11 is 7.53. The van der Waals surface area contributed by atoms with Gasteiger partial charge in [0, 0.05) is 10.2 Å². The quantitative estimate of drug-likeness (QED) is 0.227. The molecule has 0 aliphatic carbocycles. The zero-order valence-electron chi connectivity index (χ0n) is 21.3. The van der Waals surface area contributed by atoms with Gasteiger partial charge >= 0.3 is 6.18 Å². The summed E-state index contributed by atoms with van der Waals surface area (Å²) in [5.74, 6) is -0.637. The summed E-state index contributed by atoms with van der Waals surface area (Å²) in [6.45, 7) is 1.79. The maximum Gasteiger partial charge on any atom is 0.416 e. The maximum atomic E-state index is 13.0. The molecular weight excluding hydrogens is 693 g/mol. The van der Waals surface area contributed by atoms with Crippen LogP contribution in [0.4, 0.5) is 23.7 Å². The van der Waals surface area contributed by atoms with Crippen LogP contribution in [0.25, 0.3) is 6.08 Å². The van der Waals surface area contributed by atoms with Gasteiger partial charge in [0.1, 0.15) is 13.2 Å². The Balaban J connectivity index is 1.47. The van der Waals surface area contributed by atoms with Crippen molar-refractivity contribution in [2.45, 2.75) is 19.7 Å². The van der Waals surface area contributed by atoms with Crippen molar-refractivity contribution < 1.29 is 37.0 Å². The monoisotopic (exact) mass is 712 g/mol. The molecule has 0 spiro atoms. The summed E-state index contributed by atoms with van der Waals surface area (Å²) in [6, 6.07) is 15.1. The lowest BCUT2D eigenvalue weighted by Crippen LogP contribution is -2.36. The Hall–Kier alpha value is -3.29. The van der Waals surface area contributed by atoms with Crippen molar-refractivity contribution in [3.05, 3.63) is 91.2 Å². The third kappa shape index (κ3) is 7.92. The van der Waals surface area contributed by atoms with Crippen molar-refractivity contribution in [2.24, 2.45) is 0 Å². The Morgan fingerprint density at radius 1 is 1.05 bits per heavy atom. The number of benzene rings is 3. The summed E-state index contributed by atoms with van der Waals surface area (Å²) in [5, 5.41) is 1.61. The molecule has 4 rings (SSSR count). The normalized spacial score (nSPS) is 14.5. The van der Waals surface area contributed by atoms with Crippen LogP contribution in [-0.2, 0) is 22.4 Å². The number of alkyl halides is 3. The summed E-state index contributed by atoms with van der Waals surface area (Å²) in [6.07, 6.45) is -3.10. The molecule has 1 aliphatic rings. The fraction of sp³-hybridized carbons (Fsp3) is 0.179. The van der Waals surface area contributed by atoms with E-state index in [2.05, 4.69) is 37.2 Å². The van der Waals surface area contributed by atoms with Crippen LogP contribution in [0.2, 0.25) is 0 Å². The molecule has 3 aromatic rings. The SMILES string of the molecule is CCOc1cc(/C=C2\SC(=O)N(CC(=O)Nc3cccc(C(F)(F)F)c3)C2=O)cc(Br)c1OCc1ccc(Br)cc1. The van der Waals surface area contributed by atoms with Gasteiger partial charge in [-0.15, -0.1) is 0 Å². The van der Waals surface area contributed by atoms with Gasteiger partial charge in [-0.25, -0.2) is 0 Å². The van der Waals surface area contributed by atoms with E-state index < -0.39 is 35.3 Å². The summed E-state index contributed by atoms with van der Waals surface area (Å²) in [4.78, 5) is 38.7. The first-order valence-electron chi connectivity index (χ1n) is 12.0.